The Balaban J connectivity index is 1.28. The van der Waals surface area contributed by atoms with E-state index in [0.29, 0.717) is 36.9 Å². The molecule has 0 radical (unpaired) electrons. The lowest BCUT2D eigenvalue weighted by molar-refractivity contribution is -0.175. The van der Waals surface area contributed by atoms with Crippen LogP contribution < -0.4 is 0 Å². The lowest BCUT2D eigenvalue weighted by Crippen LogP contribution is -2.50. The van der Waals surface area contributed by atoms with Crippen molar-refractivity contribution in [2.45, 2.75) is 64.1 Å². The van der Waals surface area contributed by atoms with Crippen LogP contribution in [0.2, 0.25) is 0 Å². The van der Waals surface area contributed by atoms with E-state index in [1.165, 1.54) is 32.1 Å². The summed E-state index contributed by atoms with van der Waals surface area (Å²) in [5.41, 5.74) is 0.545. The Morgan fingerprint density at radius 3 is 2.38 bits per heavy atom. The molecular formula is C20H28O4. The van der Waals surface area contributed by atoms with Gasteiger partial charge in [0.2, 0.25) is 0 Å². The number of carbonyl (C=O) groups is 2. The fourth-order valence-corrected chi connectivity index (χ4v) is 5.63. The van der Waals surface area contributed by atoms with Gasteiger partial charge in [-0.1, -0.05) is 13.5 Å². The van der Waals surface area contributed by atoms with Gasteiger partial charge in [0.25, 0.3) is 0 Å². The van der Waals surface area contributed by atoms with Crippen molar-refractivity contribution in [2.24, 2.45) is 29.6 Å². The van der Waals surface area contributed by atoms with Crippen molar-refractivity contribution >= 4 is 11.8 Å². The maximum absolute atomic E-state index is 12.5. The van der Waals surface area contributed by atoms with Gasteiger partial charge in [-0.25, -0.2) is 0 Å². The highest BCUT2D eigenvalue weighted by atomic mass is 16.5. The van der Waals surface area contributed by atoms with Crippen molar-refractivity contribution in [1.29, 1.82) is 0 Å². The van der Waals surface area contributed by atoms with E-state index in [9.17, 15) is 9.59 Å². The molecule has 132 valence electrons. The van der Waals surface area contributed by atoms with E-state index in [0.717, 1.165) is 11.8 Å². The molecule has 1 saturated heterocycles. The fourth-order valence-electron chi connectivity index (χ4n) is 5.63. The molecule has 0 spiro atoms. The lowest BCUT2D eigenvalue weighted by atomic mass is 9.55. The molecule has 0 amide bonds. The van der Waals surface area contributed by atoms with Crippen LogP contribution in [0.4, 0.5) is 0 Å². The van der Waals surface area contributed by atoms with Crippen LogP contribution in [0.25, 0.3) is 0 Å². The van der Waals surface area contributed by atoms with E-state index in [-0.39, 0.29) is 23.8 Å². The van der Waals surface area contributed by atoms with Crippen LogP contribution in [-0.2, 0) is 19.1 Å². The minimum atomic E-state index is -0.408. The van der Waals surface area contributed by atoms with Crippen LogP contribution in [-0.4, -0.2) is 30.6 Å². The molecule has 5 rings (SSSR count). The first kappa shape index (κ1) is 16.3. The summed E-state index contributed by atoms with van der Waals surface area (Å²) in [6.07, 6.45) is 7.39. The molecule has 0 aromatic carbocycles. The Bertz CT molecular complexity index is 524. The average Bonchev–Trinajstić information content (AvgIpc) is 2.87. The summed E-state index contributed by atoms with van der Waals surface area (Å²) in [4.78, 5) is 24.4. The van der Waals surface area contributed by atoms with Crippen molar-refractivity contribution < 1.29 is 19.1 Å². The van der Waals surface area contributed by atoms with Gasteiger partial charge in [0.05, 0.1) is 12.5 Å². The standard InChI is InChI=1S/C20H28O4/c1-11(3-4-17-18(21)12(2)10-23-17)20(22)24-19-15-6-13-5-14(8-15)9-16(19)7-13/h11,13-17,19H,2-10H2,1H3. The maximum atomic E-state index is 12.5. The first-order valence-electron chi connectivity index (χ1n) is 9.55. The average molecular weight is 332 g/mol. The molecule has 5 fully saturated rings. The minimum Gasteiger partial charge on any atom is -0.462 e. The third kappa shape index (κ3) is 2.94. The van der Waals surface area contributed by atoms with E-state index in [1.54, 1.807) is 0 Å². The topological polar surface area (TPSA) is 52.6 Å². The van der Waals surface area contributed by atoms with Crippen LogP contribution in [0, 0.1) is 29.6 Å². The zero-order valence-corrected chi connectivity index (χ0v) is 14.5. The summed E-state index contributed by atoms with van der Waals surface area (Å²) in [6, 6.07) is 0. The Labute approximate surface area is 144 Å². The summed E-state index contributed by atoms with van der Waals surface area (Å²) in [6.45, 7) is 5.94. The van der Waals surface area contributed by atoms with Crippen LogP contribution in [0.3, 0.4) is 0 Å². The molecule has 2 unspecified atom stereocenters. The van der Waals surface area contributed by atoms with Crippen LogP contribution in [0.5, 0.6) is 0 Å². The lowest BCUT2D eigenvalue weighted by Gasteiger charge is -2.53. The quantitative estimate of drug-likeness (QED) is 0.572. The number of Topliss-reactive ketones (excluding diaryl/α,β-unsaturated/α-hetero) is 1. The Hall–Kier alpha value is -1.16. The number of esters is 1. The van der Waals surface area contributed by atoms with Crippen molar-refractivity contribution in [3.63, 3.8) is 0 Å². The van der Waals surface area contributed by atoms with Gasteiger partial charge >= 0.3 is 5.97 Å². The summed E-state index contributed by atoms with van der Waals surface area (Å²) < 4.78 is 11.4. The summed E-state index contributed by atoms with van der Waals surface area (Å²) in [5, 5.41) is 0. The van der Waals surface area contributed by atoms with E-state index in [2.05, 4.69) is 6.58 Å². The molecule has 4 aliphatic carbocycles. The maximum Gasteiger partial charge on any atom is 0.308 e. The molecule has 4 saturated carbocycles. The van der Waals surface area contributed by atoms with Gasteiger partial charge in [-0.3, -0.25) is 9.59 Å². The Morgan fingerprint density at radius 1 is 1.21 bits per heavy atom. The first-order chi connectivity index (χ1) is 11.5. The van der Waals surface area contributed by atoms with Gasteiger partial charge in [0.15, 0.2) is 5.78 Å². The van der Waals surface area contributed by atoms with Crippen LogP contribution >= 0.6 is 0 Å². The number of hydrogen-bond donors (Lipinski definition) is 0. The normalized spacial score (nSPS) is 41.7. The molecule has 24 heavy (non-hydrogen) atoms. The van der Waals surface area contributed by atoms with Crippen LogP contribution in [0.15, 0.2) is 12.2 Å². The van der Waals surface area contributed by atoms with Gasteiger partial charge in [-0.2, -0.15) is 0 Å². The molecule has 4 heteroatoms. The molecule has 4 bridgehead atoms. The van der Waals surface area contributed by atoms with E-state index < -0.39 is 6.10 Å². The predicted molar refractivity (Wildman–Crippen MR) is 89.2 cm³/mol. The van der Waals surface area contributed by atoms with Gasteiger partial charge in [-0.05, 0) is 68.6 Å². The summed E-state index contributed by atoms with van der Waals surface area (Å²) in [5.74, 6) is 2.71. The van der Waals surface area contributed by atoms with Gasteiger partial charge in [-0.15, -0.1) is 0 Å². The molecule has 4 nitrogen and oxygen atoms in total. The number of rotatable bonds is 5. The SMILES string of the molecule is C=C1COC(CCC(C)C(=O)OC2C3CC4CC(C3)CC2C4)C1=O. The summed E-state index contributed by atoms with van der Waals surface area (Å²) >= 11 is 0. The second-order valence-electron chi connectivity index (χ2n) is 8.58. The zero-order valence-electron chi connectivity index (χ0n) is 14.5. The Kier molecular flexibility index (Phi) is 4.27. The third-order valence-corrected chi connectivity index (χ3v) is 6.76. The highest BCUT2D eigenvalue weighted by molar-refractivity contribution is 6.00. The van der Waals surface area contributed by atoms with E-state index in [4.69, 9.17) is 9.47 Å². The smallest absolute Gasteiger partial charge is 0.308 e. The molecule has 0 aromatic heterocycles. The van der Waals surface area contributed by atoms with Crippen molar-refractivity contribution in [1.82, 2.24) is 0 Å². The van der Waals surface area contributed by atoms with Gasteiger partial charge in [0.1, 0.15) is 12.2 Å². The van der Waals surface area contributed by atoms with Gasteiger partial charge in [0, 0.05) is 5.57 Å². The molecule has 0 aromatic rings. The molecule has 0 N–H and O–H groups in total. The highest BCUT2D eigenvalue weighted by Gasteiger charge is 2.50. The van der Waals surface area contributed by atoms with Crippen LogP contribution in [0.1, 0.15) is 51.9 Å². The molecule has 5 aliphatic rings. The largest absolute Gasteiger partial charge is 0.462 e. The number of ether oxygens (including phenoxy) is 2. The van der Waals surface area contributed by atoms with Crippen molar-refractivity contribution in [2.75, 3.05) is 6.61 Å². The van der Waals surface area contributed by atoms with E-state index >= 15 is 0 Å². The monoisotopic (exact) mass is 332 g/mol. The second kappa shape index (κ2) is 6.29. The number of ketones is 1. The molecule has 1 heterocycles. The Morgan fingerprint density at radius 2 is 1.83 bits per heavy atom. The minimum absolute atomic E-state index is 0.00314. The number of carbonyl (C=O) groups excluding carboxylic acids is 2. The van der Waals surface area contributed by atoms with Crippen molar-refractivity contribution in [3.05, 3.63) is 12.2 Å². The third-order valence-electron chi connectivity index (χ3n) is 6.76. The molecule has 2 atom stereocenters. The number of hydrogen-bond acceptors (Lipinski definition) is 4. The molecule has 1 aliphatic heterocycles. The summed E-state index contributed by atoms with van der Waals surface area (Å²) in [7, 11) is 0. The fraction of sp³-hybridized carbons (Fsp3) is 0.800. The van der Waals surface area contributed by atoms with Gasteiger partial charge < -0.3 is 9.47 Å². The molecular weight excluding hydrogens is 304 g/mol. The van der Waals surface area contributed by atoms with Crippen molar-refractivity contribution in [3.8, 4) is 0 Å². The zero-order chi connectivity index (χ0) is 16.8. The second-order valence-corrected chi connectivity index (χ2v) is 8.58. The van der Waals surface area contributed by atoms with E-state index in [1.807, 2.05) is 6.92 Å². The first-order valence-corrected chi connectivity index (χ1v) is 9.55. The highest BCUT2D eigenvalue weighted by Crippen LogP contribution is 2.54. The predicted octanol–water partition coefficient (Wildman–Crippen LogP) is 3.29.